The Hall–Kier alpha value is -5.17. The Kier molecular flexibility index (Phi) is 7.91. The summed E-state index contributed by atoms with van der Waals surface area (Å²) in [6, 6.07) is 7.52. The molecule has 230 valence electrons. The van der Waals surface area contributed by atoms with E-state index >= 15 is 0 Å². The molecule has 0 radical (unpaired) electrons. The molecule has 0 aliphatic rings. The quantitative estimate of drug-likeness (QED) is 0.148. The number of nitrogen functional groups attached to an aromatic ring is 2. The summed E-state index contributed by atoms with van der Waals surface area (Å²) in [7, 11) is 1.33. The lowest BCUT2D eigenvalue weighted by atomic mass is 9.85. The van der Waals surface area contributed by atoms with E-state index in [1.807, 2.05) is 59.7 Å². The van der Waals surface area contributed by atoms with Gasteiger partial charge in [-0.3, -0.25) is 0 Å². The number of nitrogens with two attached hydrogens (primary N) is 2. The number of H-pyrrole nitrogens is 2. The summed E-state index contributed by atoms with van der Waals surface area (Å²) in [4.78, 5) is 26.5. The Morgan fingerprint density at radius 3 is 1.77 bits per heavy atom. The topological polar surface area (TPSA) is 208 Å². The smallest absolute Gasteiger partial charge is 0.340 e. The number of anilines is 2. The molecule has 0 bridgehead atoms. The van der Waals surface area contributed by atoms with Crippen LogP contribution < -0.4 is 11.5 Å². The zero-order valence-corrected chi connectivity index (χ0v) is 25.7. The monoisotopic (exact) mass is 600 g/mol. The second-order valence-corrected chi connectivity index (χ2v) is 10.7. The molecule has 7 N–H and O–H groups in total. The molecular formula is C31H36N8O5. The van der Waals surface area contributed by atoms with E-state index in [0.29, 0.717) is 46.7 Å². The SMILES string of the molecule is CCC(O)(CC)c1cc(-c2c(C)noc2C)cc2[nH]c(N)nc12.COC(=O)c1cc(-c2c(C)noc2C)cc2[nH]c(N)nc12. The van der Waals surface area contributed by atoms with Gasteiger partial charge in [-0.25, -0.2) is 14.8 Å². The van der Waals surface area contributed by atoms with Crippen LogP contribution in [0.3, 0.4) is 0 Å². The van der Waals surface area contributed by atoms with Gasteiger partial charge in [-0.1, -0.05) is 24.2 Å². The molecule has 4 heterocycles. The number of aromatic amines is 2. The second kappa shape index (κ2) is 11.5. The molecule has 0 saturated heterocycles. The van der Waals surface area contributed by atoms with E-state index in [-0.39, 0.29) is 5.95 Å². The van der Waals surface area contributed by atoms with Crippen molar-refractivity contribution in [1.82, 2.24) is 30.2 Å². The van der Waals surface area contributed by atoms with Crippen LogP contribution >= 0.6 is 0 Å². The fourth-order valence-electron chi connectivity index (χ4n) is 5.60. The number of fused-ring (bicyclic) bond motifs is 2. The summed E-state index contributed by atoms with van der Waals surface area (Å²) in [5, 5.41) is 19.0. The second-order valence-electron chi connectivity index (χ2n) is 10.7. The number of esters is 1. The molecule has 0 unspecified atom stereocenters. The first-order valence-corrected chi connectivity index (χ1v) is 14.2. The minimum atomic E-state index is -0.950. The maximum atomic E-state index is 12.0. The molecule has 2 aromatic carbocycles. The highest BCUT2D eigenvalue weighted by molar-refractivity contribution is 6.04. The van der Waals surface area contributed by atoms with Gasteiger partial charge >= 0.3 is 5.97 Å². The summed E-state index contributed by atoms with van der Waals surface area (Å²) >= 11 is 0. The van der Waals surface area contributed by atoms with Gasteiger partial charge in [-0.15, -0.1) is 0 Å². The van der Waals surface area contributed by atoms with Crippen molar-refractivity contribution in [3.63, 3.8) is 0 Å². The Morgan fingerprint density at radius 2 is 1.32 bits per heavy atom. The average molecular weight is 601 g/mol. The van der Waals surface area contributed by atoms with Gasteiger partial charge in [0.25, 0.3) is 0 Å². The number of imidazole rings is 2. The Labute approximate surface area is 253 Å². The lowest BCUT2D eigenvalue weighted by molar-refractivity contribution is 0.0297. The van der Waals surface area contributed by atoms with Gasteiger partial charge in [-0.05, 0) is 75.9 Å². The summed E-state index contributed by atoms with van der Waals surface area (Å²) < 4.78 is 15.3. The molecule has 44 heavy (non-hydrogen) atoms. The number of hydrogen-bond donors (Lipinski definition) is 5. The van der Waals surface area contributed by atoms with Crippen molar-refractivity contribution in [2.45, 2.75) is 60.0 Å². The van der Waals surface area contributed by atoms with E-state index in [2.05, 4.69) is 30.2 Å². The number of aromatic nitrogens is 6. The molecule has 0 saturated carbocycles. The van der Waals surface area contributed by atoms with E-state index in [1.165, 1.54) is 7.11 Å². The Morgan fingerprint density at radius 1 is 0.841 bits per heavy atom. The van der Waals surface area contributed by atoms with Crippen molar-refractivity contribution < 1.29 is 23.7 Å². The number of rotatable bonds is 6. The van der Waals surface area contributed by atoms with Crippen LogP contribution in [-0.4, -0.2) is 48.4 Å². The van der Waals surface area contributed by atoms with Gasteiger partial charge < -0.3 is 40.3 Å². The van der Waals surface area contributed by atoms with Crippen molar-refractivity contribution in [2.24, 2.45) is 0 Å². The number of hydrogen-bond acceptors (Lipinski definition) is 11. The van der Waals surface area contributed by atoms with Crippen LogP contribution in [0.4, 0.5) is 11.9 Å². The number of carbonyl (C=O) groups excluding carboxylic acids is 1. The Bertz CT molecular complexity index is 1950. The fraction of sp³-hybridized carbons (Fsp3) is 0.323. The molecule has 0 atom stereocenters. The number of carbonyl (C=O) groups is 1. The first-order valence-electron chi connectivity index (χ1n) is 14.2. The third kappa shape index (κ3) is 5.26. The lowest BCUT2D eigenvalue weighted by Crippen LogP contribution is -2.24. The third-order valence-electron chi connectivity index (χ3n) is 7.93. The first-order chi connectivity index (χ1) is 20.9. The minimum Gasteiger partial charge on any atom is -0.465 e. The van der Waals surface area contributed by atoms with Crippen LogP contribution in [0.5, 0.6) is 0 Å². The van der Waals surface area contributed by atoms with Gasteiger partial charge in [0, 0.05) is 16.7 Å². The van der Waals surface area contributed by atoms with Crippen LogP contribution in [-0.2, 0) is 10.3 Å². The van der Waals surface area contributed by atoms with E-state index in [4.69, 9.17) is 25.3 Å². The maximum Gasteiger partial charge on any atom is 0.340 e. The highest BCUT2D eigenvalue weighted by Gasteiger charge is 2.30. The van der Waals surface area contributed by atoms with E-state index < -0.39 is 11.6 Å². The number of aliphatic hydroxyl groups is 1. The number of benzene rings is 2. The lowest BCUT2D eigenvalue weighted by Gasteiger charge is -2.26. The minimum absolute atomic E-state index is 0.242. The van der Waals surface area contributed by atoms with Crippen LogP contribution in [0, 0.1) is 27.7 Å². The number of methoxy groups -OCH3 is 1. The van der Waals surface area contributed by atoms with E-state index in [1.54, 1.807) is 6.07 Å². The van der Waals surface area contributed by atoms with Gasteiger partial charge in [-0.2, -0.15) is 0 Å². The summed E-state index contributed by atoms with van der Waals surface area (Å²) in [5.74, 6) is 1.53. The summed E-state index contributed by atoms with van der Waals surface area (Å²) in [6.07, 6.45) is 1.19. The average Bonchev–Trinajstić information content (AvgIpc) is 3.75. The molecular weight excluding hydrogens is 564 g/mol. The third-order valence-corrected chi connectivity index (χ3v) is 7.93. The van der Waals surface area contributed by atoms with E-state index in [0.717, 1.165) is 50.5 Å². The number of aryl methyl sites for hydroxylation is 4. The molecule has 0 spiro atoms. The normalized spacial score (nSPS) is 11.6. The number of nitrogens with zero attached hydrogens (tertiary/aromatic N) is 4. The molecule has 6 aromatic rings. The largest absolute Gasteiger partial charge is 0.465 e. The zero-order chi connectivity index (χ0) is 31.9. The predicted octanol–water partition coefficient (Wildman–Crippen LogP) is 5.63. The molecule has 0 aliphatic heterocycles. The van der Waals surface area contributed by atoms with Crippen LogP contribution in [0.15, 0.2) is 33.3 Å². The standard InChI is InChI=1S/C17H22N4O2.C14H14N4O3/c1-5-17(22,6-2)12-7-11(14-9(3)21-23-10(14)4)8-13-15(12)20-16(18)19-13;1-6-11(7(2)21-18-6)8-4-9(13(19)20-3)12-10(5-8)16-14(15)17-12/h7-8,22H,5-6H2,1-4H3,(H3,18,19,20);4-5H,1-3H3,(H3,15,16,17). The highest BCUT2D eigenvalue weighted by Crippen LogP contribution is 2.38. The van der Waals surface area contributed by atoms with E-state index in [9.17, 15) is 9.90 Å². The van der Waals surface area contributed by atoms with Crippen molar-refractivity contribution in [3.05, 3.63) is 58.3 Å². The molecule has 13 nitrogen and oxygen atoms in total. The van der Waals surface area contributed by atoms with Crippen molar-refractivity contribution in [1.29, 1.82) is 0 Å². The van der Waals surface area contributed by atoms with Gasteiger partial charge in [0.2, 0.25) is 0 Å². The van der Waals surface area contributed by atoms with Crippen molar-refractivity contribution >= 4 is 39.9 Å². The first kappa shape index (κ1) is 30.3. The summed E-state index contributed by atoms with van der Waals surface area (Å²) in [6.45, 7) is 11.4. The van der Waals surface area contributed by atoms with Crippen molar-refractivity contribution in [3.8, 4) is 22.3 Å². The Balaban J connectivity index is 0.000000175. The summed E-state index contributed by atoms with van der Waals surface area (Å²) in [5.41, 5.74) is 19.4. The van der Waals surface area contributed by atoms with Gasteiger partial charge in [0.05, 0.1) is 46.2 Å². The van der Waals surface area contributed by atoms with Crippen LogP contribution in [0.1, 0.15) is 65.5 Å². The zero-order valence-electron chi connectivity index (χ0n) is 25.7. The molecule has 6 rings (SSSR count). The fourth-order valence-corrected chi connectivity index (χ4v) is 5.60. The molecule has 0 aliphatic carbocycles. The van der Waals surface area contributed by atoms with Gasteiger partial charge in [0.1, 0.15) is 17.0 Å². The number of ether oxygens (including phenoxy) is 1. The highest BCUT2D eigenvalue weighted by atomic mass is 16.5. The molecule has 0 fully saturated rings. The van der Waals surface area contributed by atoms with Crippen LogP contribution in [0.2, 0.25) is 0 Å². The molecule has 4 aromatic heterocycles. The predicted molar refractivity (Wildman–Crippen MR) is 167 cm³/mol. The molecule has 0 amide bonds. The number of nitrogens with one attached hydrogen (secondary N) is 2. The maximum absolute atomic E-state index is 12.0. The van der Waals surface area contributed by atoms with Crippen LogP contribution in [0.25, 0.3) is 44.3 Å². The molecule has 13 heteroatoms. The van der Waals surface area contributed by atoms with Gasteiger partial charge in [0.15, 0.2) is 11.9 Å². The van der Waals surface area contributed by atoms with Crippen molar-refractivity contribution in [2.75, 3.05) is 18.6 Å².